The van der Waals surface area contributed by atoms with Crippen molar-refractivity contribution in [3.05, 3.63) is 0 Å². The summed E-state index contributed by atoms with van der Waals surface area (Å²) in [6.45, 7) is 0. The lowest BCUT2D eigenvalue weighted by molar-refractivity contribution is 0.0545. The van der Waals surface area contributed by atoms with Crippen LogP contribution in [0, 0.1) is 11.8 Å². The highest BCUT2D eigenvalue weighted by Gasteiger charge is 2.36. The molecule has 0 amide bonds. The predicted octanol–water partition coefficient (Wildman–Crippen LogP) is 2.00. The van der Waals surface area contributed by atoms with Gasteiger partial charge >= 0.3 is 0 Å². The monoisotopic (exact) mass is 125 g/mol. The number of rotatable bonds is 0. The third-order valence-electron chi connectivity index (χ3n) is 2.91. The molecule has 0 heterocycles. The molecular weight excluding hydrogens is 112 g/mol. The summed E-state index contributed by atoms with van der Waals surface area (Å²) in [7, 11) is 0. The average molecular weight is 125 g/mol. The van der Waals surface area contributed by atoms with Crippen LogP contribution in [0.25, 0.3) is 0 Å². The van der Waals surface area contributed by atoms with E-state index in [0.29, 0.717) is 5.92 Å². The van der Waals surface area contributed by atoms with Gasteiger partial charge in [-0.3, -0.25) is 0 Å². The summed E-state index contributed by atoms with van der Waals surface area (Å²) in [5, 5.41) is 11.1. The second-order valence-electron chi connectivity index (χ2n) is 3.57. The van der Waals surface area contributed by atoms with Crippen molar-refractivity contribution in [1.82, 2.24) is 0 Å². The fourth-order valence-electron chi connectivity index (χ4n) is 2.41. The molecule has 0 spiro atoms. The van der Waals surface area contributed by atoms with Crippen molar-refractivity contribution in [2.75, 3.05) is 0 Å². The molecule has 2 rings (SSSR count). The second-order valence-corrected chi connectivity index (χ2v) is 3.57. The molecule has 1 heteroatoms. The predicted molar refractivity (Wildman–Crippen MR) is 34.5 cm³/mol. The van der Waals surface area contributed by atoms with Gasteiger partial charge in [-0.2, -0.15) is 0 Å². The first-order chi connectivity index (χ1) is 4.36. The van der Waals surface area contributed by atoms with Gasteiger partial charge in [-0.25, -0.2) is 5.11 Å². The van der Waals surface area contributed by atoms with Crippen molar-refractivity contribution >= 4 is 0 Å². The van der Waals surface area contributed by atoms with E-state index in [9.17, 15) is 5.11 Å². The lowest BCUT2D eigenvalue weighted by atomic mass is 9.89. The van der Waals surface area contributed by atoms with Crippen LogP contribution in [0.15, 0.2) is 0 Å². The second kappa shape index (κ2) is 1.98. The number of hydrogen-bond acceptors (Lipinski definition) is 0. The van der Waals surface area contributed by atoms with Crippen molar-refractivity contribution in [2.24, 2.45) is 11.8 Å². The van der Waals surface area contributed by atoms with Gasteiger partial charge in [0.2, 0.25) is 0 Å². The Labute approximate surface area is 56.1 Å². The maximum atomic E-state index is 11.1. The molecule has 51 valence electrons. The summed E-state index contributed by atoms with van der Waals surface area (Å²) in [5.41, 5.74) is 0. The van der Waals surface area contributed by atoms with Crippen molar-refractivity contribution < 1.29 is 5.11 Å². The highest BCUT2D eigenvalue weighted by molar-refractivity contribution is 4.86. The quantitative estimate of drug-likeness (QED) is 0.472. The zero-order chi connectivity index (χ0) is 6.27. The number of fused-ring (bicyclic) bond motifs is 2. The summed E-state index contributed by atoms with van der Waals surface area (Å²) in [6, 6.07) is 0. The van der Waals surface area contributed by atoms with Crippen LogP contribution < -0.4 is 0 Å². The fraction of sp³-hybridized carbons (Fsp3) is 1.00. The van der Waals surface area contributed by atoms with Crippen LogP contribution in [-0.2, 0) is 5.11 Å². The molecule has 1 radical (unpaired) electrons. The van der Waals surface area contributed by atoms with Crippen LogP contribution >= 0.6 is 0 Å². The molecular formula is C8H13O. The van der Waals surface area contributed by atoms with E-state index in [0.717, 1.165) is 12.3 Å². The van der Waals surface area contributed by atoms with Gasteiger partial charge in [-0.05, 0) is 31.1 Å². The van der Waals surface area contributed by atoms with Gasteiger partial charge in [-0.1, -0.05) is 12.8 Å². The normalized spacial score (nSPS) is 49.7. The van der Waals surface area contributed by atoms with Gasteiger partial charge in [0.05, 0.1) is 6.10 Å². The molecule has 2 fully saturated rings. The minimum Gasteiger partial charge on any atom is -0.233 e. The summed E-state index contributed by atoms with van der Waals surface area (Å²) in [4.78, 5) is 0. The van der Waals surface area contributed by atoms with Crippen LogP contribution in [0.3, 0.4) is 0 Å². The fourth-order valence-corrected chi connectivity index (χ4v) is 2.41. The van der Waals surface area contributed by atoms with Crippen molar-refractivity contribution in [3.63, 3.8) is 0 Å². The molecule has 0 N–H and O–H groups in total. The molecule has 2 bridgehead atoms. The van der Waals surface area contributed by atoms with Crippen molar-refractivity contribution in [1.29, 1.82) is 0 Å². The maximum Gasteiger partial charge on any atom is 0.0960 e. The van der Waals surface area contributed by atoms with Gasteiger partial charge < -0.3 is 0 Å². The van der Waals surface area contributed by atoms with Gasteiger partial charge in [-0.15, -0.1) is 0 Å². The highest BCUT2D eigenvalue weighted by atomic mass is 16.3. The minimum absolute atomic E-state index is 0.183. The molecule has 0 saturated heterocycles. The van der Waals surface area contributed by atoms with Gasteiger partial charge in [0.25, 0.3) is 0 Å². The van der Waals surface area contributed by atoms with Crippen molar-refractivity contribution in [3.8, 4) is 0 Å². The lowest BCUT2D eigenvalue weighted by Crippen LogP contribution is -2.11. The van der Waals surface area contributed by atoms with Gasteiger partial charge in [0.15, 0.2) is 0 Å². The summed E-state index contributed by atoms with van der Waals surface area (Å²) in [6.07, 6.45) is 5.96. The Morgan fingerprint density at radius 2 is 2.00 bits per heavy atom. The summed E-state index contributed by atoms with van der Waals surface area (Å²) >= 11 is 0. The van der Waals surface area contributed by atoms with Crippen LogP contribution in [0.1, 0.15) is 32.1 Å². The lowest BCUT2D eigenvalue weighted by Gasteiger charge is -2.17. The molecule has 2 saturated carbocycles. The van der Waals surface area contributed by atoms with E-state index in [1.54, 1.807) is 0 Å². The minimum atomic E-state index is -0.183. The van der Waals surface area contributed by atoms with E-state index in [1.807, 2.05) is 0 Å². The maximum absolute atomic E-state index is 11.1. The van der Waals surface area contributed by atoms with E-state index in [4.69, 9.17) is 0 Å². The number of hydrogen-bond donors (Lipinski definition) is 0. The SMILES string of the molecule is [O]C1CC2CCCC1C2. The van der Waals surface area contributed by atoms with Crippen molar-refractivity contribution in [2.45, 2.75) is 38.2 Å². The summed E-state index contributed by atoms with van der Waals surface area (Å²) < 4.78 is 0. The average Bonchev–Trinajstić information content (AvgIpc) is 2.09. The smallest absolute Gasteiger partial charge is 0.0960 e. The third-order valence-corrected chi connectivity index (χ3v) is 2.91. The Hall–Kier alpha value is -0.0400. The molecule has 0 aliphatic heterocycles. The van der Waals surface area contributed by atoms with Crippen LogP contribution in [-0.4, -0.2) is 6.10 Å². The Balaban J connectivity index is 2.07. The first-order valence-corrected chi connectivity index (χ1v) is 4.02. The highest BCUT2D eigenvalue weighted by Crippen LogP contribution is 2.42. The van der Waals surface area contributed by atoms with E-state index in [1.165, 1.54) is 25.7 Å². The van der Waals surface area contributed by atoms with E-state index in [-0.39, 0.29) is 6.10 Å². The first kappa shape index (κ1) is 5.72. The molecule has 1 nitrogen and oxygen atoms in total. The summed E-state index contributed by atoms with van der Waals surface area (Å²) in [5.74, 6) is 1.40. The molecule has 0 aromatic heterocycles. The molecule has 2 aliphatic rings. The van der Waals surface area contributed by atoms with Gasteiger partial charge in [0, 0.05) is 0 Å². The van der Waals surface area contributed by atoms with Crippen LogP contribution in [0.5, 0.6) is 0 Å². The molecule has 0 aromatic carbocycles. The molecule has 3 atom stereocenters. The zero-order valence-corrected chi connectivity index (χ0v) is 5.68. The molecule has 2 aliphatic carbocycles. The molecule has 0 aromatic rings. The Bertz CT molecular complexity index is 109. The van der Waals surface area contributed by atoms with E-state index in [2.05, 4.69) is 0 Å². The van der Waals surface area contributed by atoms with Crippen LogP contribution in [0.4, 0.5) is 0 Å². The standard InChI is InChI=1S/C8H13O/c9-8-5-6-2-1-3-7(8)4-6/h6-8H,1-5H2. The third kappa shape index (κ3) is 0.877. The molecule has 9 heavy (non-hydrogen) atoms. The molecule has 3 unspecified atom stereocenters. The zero-order valence-electron chi connectivity index (χ0n) is 5.68. The Kier molecular flexibility index (Phi) is 1.26. The Morgan fingerprint density at radius 3 is 2.67 bits per heavy atom. The topological polar surface area (TPSA) is 19.9 Å². The van der Waals surface area contributed by atoms with Crippen LogP contribution in [0.2, 0.25) is 0 Å². The van der Waals surface area contributed by atoms with Gasteiger partial charge in [0.1, 0.15) is 0 Å². The van der Waals surface area contributed by atoms with E-state index >= 15 is 0 Å². The Morgan fingerprint density at radius 1 is 1.11 bits per heavy atom. The largest absolute Gasteiger partial charge is 0.233 e. The first-order valence-electron chi connectivity index (χ1n) is 4.02. The van der Waals surface area contributed by atoms with E-state index < -0.39 is 0 Å².